The minimum atomic E-state index is -4.97. The number of amides is 1. The highest BCUT2D eigenvalue weighted by Crippen LogP contribution is 2.38. The quantitative estimate of drug-likeness (QED) is 0.0945. The molecule has 246 valence electrons. The van der Waals surface area contributed by atoms with Crippen LogP contribution in [-0.4, -0.2) is 14.8 Å². The van der Waals surface area contributed by atoms with E-state index in [0.29, 0.717) is 45.8 Å². The van der Waals surface area contributed by atoms with Gasteiger partial charge in [0.1, 0.15) is 29.0 Å². The van der Waals surface area contributed by atoms with Crippen molar-refractivity contribution < 1.29 is 40.6 Å². The van der Waals surface area contributed by atoms with Crippen LogP contribution in [0.4, 0.5) is 26.3 Å². The van der Waals surface area contributed by atoms with E-state index in [2.05, 4.69) is 5.32 Å². The lowest BCUT2D eigenvalue weighted by Gasteiger charge is -2.15. The standard InChI is InChI=1S/C35H24F6N2O3S2/c36-34(37,38)25-14-26(35(39,40)41)16-29(15-25)46-20-23-8-6-21(7-9-23)18-43-27(17-31-32(44)42-33(47)48-31)12-24-13-28(10-11-30(24)43)45-19-22-4-2-1-3-5-22/h1-17H,18-20H2,(H,42,44,47). The average molecular weight is 699 g/mol. The number of benzene rings is 4. The first kappa shape index (κ1) is 33.2. The Hall–Kier alpha value is -4.75. The van der Waals surface area contributed by atoms with Crippen LogP contribution >= 0.6 is 24.0 Å². The number of ether oxygens (including phenoxy) is 2. The summed E-state index contributed by atoms with van der Waals surface area (Å²) in [6, 6.07) is 25.5. The minimum absolute atomic E-state index is 0.0570. The van der Waals surface area contributed by atoms with Crippen LogP contribution in [0.15, 0.2) is 102 Å². The van der Waals surface area contributed by atoms with Crippen LogP contribution in [0, 0.1) is 0 Å². The predicted molar refractivity (Wildman–Crippen MR) is 175 cm³/mol. The molecule has 5 aromatic rings. The lowest BCUT2D eigenvalue weighted by molar-refractivity contribution is -0.143. The van der Waals surface area contributed by atoms with Gasteiger partial charge < -0.3 is 19.4 Å². The van der Waals surface area contributed by atoms with Gasteiger partial charge in [0.15, 0.2) is 0 Å². The number of thiocarbonyl (C=S) groups is 1. The molecule has 48 heavy (non-hydrogen) atoms. The number of halogens is 6. The average Bonchev–Trinajstić information content (AvgIpc) is 3.55. The highest BCUT2D eigenvalue weighted by atomic mass is 32.2. The van der Waals surface area contributed by atoms with E-state index < -0.39 is 29.2 Å². The number of nitrogens with one attached hydrogen (secondary N) is 1. The van der Waals surface area contributed by atoms with Crippen LogP contribution in [0.25, 0.3) is 17.0 Å². The Morgan fingerprint density at radius 3 is 1.94 bits per heavy atom. The van der Waals surface area contributed by atoms with Crippen LogP contribution in [0.1, 0.15) is 33.5 Å². The molecule has 0 aliphatic carbocycles. The molecular formula is C35H24F6N2O3S2. The number of carbonyl (C=O) groups excluding carboxylic acids is 1. The molecule has 1 N–H and O–H groups in total. The van der Waals surface area contributed by atoms with Gasteiger partial charge in [0.05, 0.1) is 16.0 Å². The third-order valence-corrected chi connectivity index (χ3v) is 8.57. The molecule has 5 nitrogen and oxygen atoms in total. The molecule has 1 fully saturated rings. The van der Waals surface area contributed by atoms with Gasteiger partial charge in [-0.2, -0.15) is 26.3 Å². The SMILES string of the molecule is O=C1NC(=S)SC1=Cc1cc2cc(OCc3ccccc3)ccc2n1Cc1ccc(COc2cc(C(F)(F)F)cc(C(F)(F)F)c2)cc1. The Morgan fingerprint density at radius 1 is 0.729 bits per heavy atom. The first-order chi connectivity index (χ1) is 22.8. The summed E-state index contributed by atoms with van der Waals surface area (Å²) in [4.78, 5) is 12.9. The second-order valence-electron chi connectivity index (χ2n) is 10.8. The first-order valence-corrected chi connectivity index (χ1v) is 15.6. The molecule has 0 radical (unpaired) electrons. The summed E-state index contributed by atoms with van der Waals surface area (Å²) in [5, 5.41) is 3.49. The summed E-state index contributed by atoms with van der Waals surface area (Å²) < 4.78 is 93.2. The smallest absolute Gasteiger partial charge is 0.416 e. The van der Waals surface area contributed by atoms with Crippen molar-refractivity contribution in [2.75, 3.05) is 0 Å². The molecule has 4 aromatic carbocycles. The number of thioether (sulfide) groups is 1. The molecule has 1 saturated heterocycles. The number of hydrogen-bond acceptors (Lipinski definition) is 5. The Balaban J connectivity index is 1.23. The van der Waals surface area contributed by atoms with Crippen LogP contribution in [0.3, 0.4) is 0 Å². The number of rotatable bonds is 9. The number of fused-ring (bicyclic) bond motifs is 1. The molecule has 1 aliphatic heterocycles. The molecule has 0 spiro atoms. The van der Waals surface area contributed by atoms with Crippen LogP contribution in [0.2, 0.25) is 0 Å². The van der Waals surface area contributed by atoms with E-state index in [-0.39, 0.29) is 18.6 Å². The maximum absolute atomic E-state index is 13.2. The van der Waals surface area contributed by atoms with Crippen LogP contribution in [-0.2, 0) is 36.9 Å². The molecular weight excluding hydrogens is 675 g/mol. The lowest BCUT2D eigenvalue weighted by Crippen LogP contribution is -2.17. The molecule has 6 rings (SSSR count). The van der Waals surface area contributed by atoms with Gasteiger partial charge in [0.25, 0.3) is 5.91 Å². The molecule has 1 aliphatic rings. The Bertz CT molecular complexity index is 1990. The third kappa shape index (κ3) is 7.85. The maximum Gasteiger partial charge on any atom is 0.416 e. The Labute approximate surface area is 280 Å². The van der Waals surface area contributed by atoms with Crippen molar-refractivity contribution in [3.05, 3.63) is 135 Å². The summed E-state index contributed by atoms with van der Waals surface area (Å²) in [5.41, 5.74) is 1.13. The van der Waals surface area contributed by atoms with Crippen molar-refractivity contribution in [3.8, 4) is 11.5 Å². The summed E-state index contributed by atoms with van der Waals surface area (Å²) in [5.74, 6) is -0.163. The number of nitrogens with zero attached hydrogens (tertiary/aromatic N) is 1. The largest absolute Gasteiger partial charge is 0.489 e. The molecule has 0 unspecified atom stereocenters. The summed E-state index contributed by atoms with van der Waals surface area (Å²) in [7, 11) is 0. The monoisotopic (exact) mass is 698 g/mol. The van der Waals surface area contributed by atoms with Crippen molar-refractivity contribution in [3.63, 3.8) is 0 Å². The maximum atomic E-state index is 13.2. The van der Waals surface area contributed by atoms with Crippen LogP contribution in [0.5, 0.6) is 11.5 Å². The Morgan fingerprint density at radius 2 is 1.33 bits per heavy atom. The van der Waals surface area contributed by atoms with Gasteiger partial charge in [0.2, 0.25) is 0 Å². The zero-order valence-corrected chi connectivity index (χ0v) is 26.3. The second kappa shape index (κ2) is 13.4. The highest BCUT2D eigenvalue weighted by Gasteiger charge is 2.37. The minimum Gasteiger partial charge on any atom is -0.489 e. The van der Waals surface area contributed by atoms with Crippen molar-refractivity contribution >= 4 is 51.2 Å². The van der Waals surface area contributed by atoms with Gasteiger partial charge in [0, 0.05) is 23.1 Å². The summed E-state index contributed by atoms with van der Waals surface area (Å²) in [6.45, 7) is 0.527. The van der Waals surface area contributed by atoms with Gasteiger partial charge >= 0.3 is 12.4 Å². The van der Waals surface area contributed by atoms with E-state index in [1.54, 1.807) is 30.3 Å². The second-order valence-corrected chi connectivity index (χ2v) is 12.6. The molecule has 1 aromatic heterocycles. The van der Waals surface area contributed by atoms with Gasteiger partial charge in [-0.1, -0.05) is 78.6 Å². The third-order valence-electron chi connectivity index (χ3n) is 7.40. The van der Waals surface area contributed by atoms with Gasteiger partial charge in [-0.3, -0.25) is 4.79 Å². The first-order valence-electron chi connectivity index (χ1n) is 14.4. The summed E-state index contributed by atoms with van der Waals surface area (Å²) in [6.07, 6.45) is -8.18. The highest BCUT2D eigenvalue weighted by molar-refractivity contribution is 8.26. The fourth-order valence-electron chi connectivity index (χ4n) is 5.05. The number of carbonyl (C=O) groups is 1. The van der Waals surface area contributed by atoms with Crippen molar-refractivity contribution in [1.82, 2.24) is 9.88 Å². The summed E-state index contributed by atoms with van der Waals surface area (Å²) >= 11 is 6.31. The molecule has 0 bridgehead atoms. The lowest BCUT2D eigenvalue weighted by atomic mass is 10.1. The van der Waals surface area contributed by atoms with Crippen molar-refractivity contribution in [2.45, 2.75) is 32.1 Å². The van der Waals surface area contributed by atoms with Gasteiger partial charge in [-0.05, 0) is 65.2 Å². The van der Waals surface area contributed by atoms with Gasteiger partial charge in [-0.25, -0.2) is 0 Å². The van der Waals surface area contributed by atoms with E-state index in [1.807, 2.05) is 59.2 Å². The van der Waals surface area contributed by atoms with E-state index >= 15 is 0 Å². The fraction of sp³-hybridized carbons (Fsp3) is 0.143. The number of aromatic nitrogens is 1. The van der Waals surface area contributed by atoms with E-state index in [0.717, 1.165) is 27.7 Å². The normalized spacial score (nSPS) is 14.5. The van der Waals surface area contributed by atoms with E-state index in [9.17, 15) is 31.1 Å². The predicted octanol–water partition coefficient (Wildman–Crippen LogP) is 9.37. The van der Waals surface area contributed by atoms with Crippen molar-refractivity contribution in [2.24, 2.45) is 0 Å². The van der Waals surface area contributed by atoms with Gasteiger partial charge in [-0.15, -0.1) is 0 Å². The van der Waals surface area contributed by atoms with E-state index in [4.69, 9.17) is 21.7 Å². The van der Waals surface area contributed by atoms with Crippen LogP contribution < -0.4 is 14.8 Å². The van der Waals surface area contributed by atoms with Crippen molar-refractivity contribution in [1.29, 1.82) is 0 Å². The molecule has 0 atom stereocenters. The number of hydrogen-bond donors (Lipinski definition) is 1. The zero-order chi connectivity index (χ0) is 34.1. The topological polar surface area (TPSA) is 52.5 Å². The number of alkyl halides is 6. The molecule has 0 saturated carbocycles. The fourth-order valence-corrected chi connectivity index (χ4v) is 6.08. The van der Waals surface area contributed by atoms with E-state index in [1.165, 1.54) is 11.8 Å². The molecule has 13 heteroatoms. The molecule has 2 heterocycles. The Kier molecular flexibility index (Phi) is 9.26. The molecule has 1 amide bonds. The zero-order valence-electron chi connectivity index (χ0n) is 24.7.